The number of nitrogens with zero attached hydrogens (tertiary/aromatic N) is 2. The van der Waals surface area contributed by atoms with Crippen molar-refractivity contribution in [2.45, 2.75) is 27.7 Å². The number of rotatable bonds is 2. The zero-order valence-corrected chi connectivity index (χ0v) is 11.2. The standard InChI is InChI=1S/C12H15N5O2/c1-5-6(2)14-17-12(19)9(5)11(18)13-10-7(3)15-16-8(10)4/h1-4H3,(H,13,18)(H,15,16)(H,17,19). The Morgan fingerprint density at radius 1 is 1.05 bits per heavy atom. The van der Waals surface area contributed by atoms with E-state index in [0.29, 0.717) is 22.6 Å². The van der Waals surface area contributed by atoms with Crippen LogP contribution in [0.2, 0.25) is 0 Å². The van der Waals surface area contributed by atoms with Gasteiger partial charge in [-0.25, -0.2) is 5.10 Å². The molecule has 0 unspecified atom stereocenters. The minimum absolute atomic E-state index is 0.0764. The minimum Gasteiger partial charge on any atom is -0.319 e. The molecule has 2 aromatic rings. The second-order valence-corrected chi connectivity index (χ2v) is 4.40. The third-order valence-corrected chi connectivity index (χ3v) is 3.06. The predicted octanol–water partition coefficient (Wildman–Crippen LogP) is 0.979. The molecule has 2 rings (SSSR count). The summed E-state index contributed by atoms with van der Waals surface area (Å²) in [5.41, 5.74) is 2.77. The summed E-state index contributed by atoms with van der Waals surface area (Å²) < 4.78 is 0. The van der Waals surface area contributed by atoms with Crippen LogP contribution in [0, 0.1) is 27.7 Å². The molecule has 0 atom stereocenters. The Labute approximate surface area is 109 Å². The Kier molecular flexibility index (Phi) is 3.20. The molecule has 7 heteroatoms. The predicted molar refractivity (Wildman–Crippen MR) is 70.3 cm³/mol. The monoisotopic (exact) mass is 261 g/mol. The second kappa shape index (κ2) is 4.68. The highest BCUT2D eigenvalue weighted by atomic mass is 16.2. The van der Waals surface area contributed by atoms with Gasteiger partial charge in [-0.2, -0.15) is 10.2 Å². The number of amides is 1. The van der Waals surface area contributed by atoms with Crippen molar-refractivity contribution in [2.75, 3.05) is 5.32 Å². The molecule has 2 heterocycles. The molecule has 3 N–H and O–H groups in total. The van der Waals surface area contributed by atoms with Crippen LogP contribution in [0.5, 0.6) is 0 Å². The van der Waals surface area contributed by atoms with E-state index in [9.17, 15) is 9.59 Å². The molecule has 0 aliphatic rings. The lowest BCUT2D eigenvalue weighted by molar-refractivity contribution is 0.102. The Morgan fingerprint density at radius 2 is 1.68 bits per heavy atom. The van der Waals surface area contributed by atoms with E-state index in [1.165, 1.54) is 0 Å². The number of aromatic amines is 2. The third-order valence-electron chi connectivity index (χ3n) is 3.06. The van der Waals surface area contributed by atoms with E-state index in [1.54, 1.807) is 27.7 Å². The zero-order valence-electron chi connectivity index (χ0n) is 11.2. The van der Waals surface area contributed by atoms with E-state index in [-0.39, 0.29) is 5.56 Å². The van der Waals surface area contributed by atoms with Crippen LogP contribution in [-0.4, -0.2) is 26.3 Å². The van der Waals surface area contributed by atoms with Crippen molar-refractivity contribution in [3.8, 4) is 0 Å². The third kappa shape index (κ3) is 2.26. The molecular weight excluding hydrogens is 246 g/mol. The first-order valence-electron chi connectivity index (χ1n) is 5.80. The molecule has 0 aliphatic heterocycles. The number of carbonyl (C=O) groups excluding carboxylic acids is 1. The molecule has 0 saturated carbocycles. The number of hydrogen-bond acceptors (Lipinski definition) is 4. The van der Waals surface area contributed by atoms with Gasteiger partial charge in [0.2, 0.25) is 0 Å². The fourth-order valence-electron chi connectivity index (χ4n) is 1.81. The van der Waals surface area contributed by atoms with Crippen LogP contribution in [0.4, 0.5) is 5.69 Å². The molecule has 7 nitrogen and oxygen atoms in total. The lowest BCUT2D eigenvalue weighted by atomic mass is 10.1. The van der Waals surface area contributed by atoms with Gasteiger partial charge in [-0.3, -0.25) is 14.7 Å². The van der Waals surface area contributed by atoms with Gasteiger partial charge in [-0.1, -0.05) is 0 Å². The van der Waals surface area contributed by atoms with Crippen LogP contribution in [0.15, 0.2) is 4.79 Å². The molecule has 0 aromatic carbocycles. The molecule has 0 saturated heterocycles. The summed E-state index contributed by atoms with van der Waals surface area (Å²) in [4.78, 5) is 23.9. The van der Waals surface area contributed by atoms with Gasteiger partial charge in [0.15, 0.2) is 0 Å². The molecule has 0 bridgehead atoms. The van der Waals surface area contributed by atoms with Crippen molar-refractivity contribution in [1.29, 1.82) is 0 Å². The number of hydrogen-bond donors (Lipinski definition) is 3. The Balaban J connectivity index is 2.42. The number of H-pyrrole nitrogens is 2. The van der Waals surface area contributed by atoms with Gasteiger partial charge in [-0.05, 0) is 33.3 Å². The molecule has 0 aliphatic carbocycles. The first kappa shape index (κ1) is 13.0. The quantitative estimate of drug-likeness (QED) is 0.749. The normalized spacial score (nSPS) is 10.5. The molecular formula is C12H15N5O2. The molecule has 0 spiro atoms. The first-order valence-corrected chi connectivity index (χ1v) is 5.80. The van der Waals surface area contributed by atoms with Crippen molar-refractivity contribution in [3.05, 3.63) is 38.6 Å². The van der Waals surface area contributed by atoms with Gasteiger partial charge in [0, 0.05) is 0 Å². The van der Waals surface area contributed by atoms with E-state index < -0.39 is 11.5 Å². The van der Waals surface area contributed by atoms with Gasteiger partial charge in [0.25, 0.3) is 11.5 Å². The summed E-state index contributed by atoms with van der Waals surface area (Å²) in [5.74, 6) is -0.461. The van der Waals surface area contributed by atoms with E-state index >= 15 is 0 Å². The summed E-state index contributed by atoms with van der Waals surface area (Å²) in [6.07, 6.45) is 0. The molecule has 19 heavy (non-hydrogen) atoms. The zero-order chi connectivity index (χ0) is 14.2. The Hall–Kier alpha value is -2.44. The van der Waals surface area contributed by atoms with Crippen molar-refractivity contribution in [1.82, 2.24) is 20.4 Å². The van der Waals surface area contributed by atoms with Crippen molar-refractivity contribution in [3.63, 3.8) is 0 Å². The van der Waals surface area contributed by atoms with Gasteiger partial charge in [0.1, 0.15) is 5.56 Å². The molecule has 1 amide bonds. The second-order valence-electron chi connectivity index (χ2n) is 4.40. The Bertz CT molecular complexity index is 679. The minimum atomic E-state index is -0.501. The lowest BCUT2D eigenvalue weighted by Crippen LogP contribution is -2.26. The largest absolute Gasteiger partial charge is 0.319 e. The number of aryl methyl sites for hydroxylation is 3. The maximum absolute atomic E-state index is 12.2. The highest BCUT2D eigenvalue weighted by Crippen LogP contribution is 2.17. The van der Waals surface area contributed by atoms with Crippen LogP contribution in [0.3, 0.4) is 0 Å². The van der Waals surface area contributed by atoms with Gasteiger partial charge in [-0.15, -0.1) is 0 Å². The fraction of sp³-hybridized carbons (Fsp3) is 0.333. The van der Waals surface area contributed by atoms with Crippen molar-refractivity contribution in [2.24, 2.45) is 0 Å². The van der Waals surface area contributed by atoms with Gasteiger partial charge in [0.05, 0.1) is 22.8 Å². The van der Waals surface area contributed by atoms with E-state index in [2.05, 4.69) is 25.7 Å². The number of aromatic nitrogens is 4. The van der Waals surface area contributed by atoms with Crippen molar-refractivity contribution >= 4 is 11.6 Å². The summed E-state index contributed by atoms with van der Waals surface area (Å²) in [7, 11) is 0. The van der Waals surface area contributed by atoms with E-state index in [0.717, 1.165) is 5.69 Å². The fourth-order valence-corrected chi connectivity index (χ4v) is 1.81. The van der Waals surface area contributed by atoms with Crippen LogP contribution in [-0.2, 0) is 0 Å². The van der Waals surface area contributed by atoms with E-state index in [1.807, 2.05) is 0 Å². The summed E-state index contributed by atoms with van der Waals surface area (Å²) >= 11 is 0. The molecule has 0 fully saturated rings. The maximum atomic E-state index is 12.2. The summed E-state index contributed by atoms with van der Waals surface area (Å²) in [5, 5.41) is 15.6. The number of carbonyl (C=O) groups is 1. The lowest BCUT2D eigenvalue weighted by Gasteiger charge is -2.08. The average molecular weight is 261 g/mol. The summed E-state index contributed by atoms with van der Waals surface area (Å²) in [6, 6.07) is 0. The molecule has 2 aromatic heterocycles. The average Bonchev–Trinajstić information content (AvgIpc) is 2.66. The van der Waals surface area contributed by atoms with E-state index in [4.69, 9.17) is 0 Å². The van der Waals surface area contributed by atoms with Crippen LogP contribution in [0.25, 0.3) is 0 Å². The smallest absolute Gasteiger partial charge is 0.277 e. The summed E-state index contributed by atoms with van der Waals surface area (Å²) in [6.45, 7) is 7.00. The number of nitrogens with one attached hydrogen (secondary N) is 3. The Morgan fingerprint density at radius 3 is 2.26 bits per heavy atom. The van der Waals surface area contributed by atoms with Gasteiger partial charge >= 0.3 is 0 Å². The van der Waals surface area contributed by atoms with Crippen LogP contribution >= 0.6 is 0 Å². The number of anilines is 1. The van der Waals surface area contributed by atoms with Crippen molar-refractivity contribution < 1.29 is 4.79 Å². The van der Waals surface area contributed by atoms with Gasteiger partial charge < -0.3 is 5.32 Å². The first-order chi connectivity index (χ1) is 8.91. The van der Waals surface area contributed by atoms with Crippen LogP contribution < -0.4 is 10.9 Å². The maximum Gasteiger partial charge on any atom is 0.277 e. The highest BCUT2D eigenvalue weighted by Gasteiger charge is 2.18. The SMILES string of the molecule is Cc1n[nH]c(=O)c(C(=O)Nc2c(C)n[nH]c2C)c1C. The topological polar surface area (TPSA) is 104 Å². The molecule has 0 radical (unpaired) electrons. The van der Waals surface area contributed by atoms with Crippen LogP contribution in [0.1, 0.15) is 33.0 Å². The molecule has 100 valence electrons. The highest BCUT2D eigenvalue weighted by molar-refractivity contribution is 6.05.